The number of piperazine rings is 1. The van der Waals surface area contributed by atoms with Crippen LogP contribution in [-0.2, 0) is 23.0 Å². The lowest BCUT2D eigenvalue weighted by Gasteiger charge is -2.34. The van der Waals surface area contributed by atoms with Crippen LogP contribution >= 0.6 is 0 Å². The molecule has 9 heteroatoms. The van der Waals surface area contributed by atoms with Crippen LogP contribution in [0.2, 0.25) is 0 Å². The van der Waals surface area contributed by atoms with Crippen LogP contribution in [0.3, 0.4) is 0 Å². The summed E-state index contributed by atoms with van der Waals surface area (Å²) in [6, 6.07) is 16.0. The van der Waals surface area contributed by atoms with Gasteiger partial charge in [0.05, 0.1) is 22.8 Å². The Morgan fingerprint density at radius 1 is 1.00 bits per heavy atom. The highest BCUT2D eigenvalue weighted by Crippen LogP contribution is 2.32. The lowest BCUT2D eigenvalue weighted by atomic mass is 10.0. The molecule has 0 spiro atoms. The van der Waals surface area contributed by atoms with E-state index in [9.17, 15) is 13.2 Å². The smallest absolute Gasteiger partial charge is 0.264 e. The highest BCUT2D eigenvalue weighted by atomic mass is 32.2. The number of carbonyl (C=O) groups is 1. The zero-order chi connectivity index (χ0) is 23.7. The summed E-state index contributed by atoms with van der Waals surface area (Å²) in [7, 11) is -3.77. The maximum atomic E-state index is 13.5. The molecule has 0 N–H and O–H groups in total. The highest BCUT2D eigenvalue weighted by molar-refractivity contribution is 7.92. The molecule has 3 aromatic rings. The van der Waals surface area contributed by atoms with Gasteiger partial charge in [0.1, 0.15) is 0 Å². The number of aromatic nitrogens is 1. The van der Waals surface area contributed by atoms with Crippen LogP contribution in [0.25, 0.3) is 0 Å². The van der Waals surface area contributed by atoms with Crippen LogP contribution in [0.5, 0.6) is 0 Å². The number of carbonyl (C=O) groups excluding carboxylic acids is 1. The fourth-order valence-corrected chi connectivity index (χ4v) is 6.26. The zero-order valence-corrected chi connectivity index (χ0v) is 20.0. The Kier molecular flexibility index (Phi) is 6.14. The number of nitrogens with zero attached hydrogens (tertiary/aromatic N) is 4. The Morgan fingerprint density at radius 3 is 2.56 bits per heavy atom. The quantitative estimate of drug-likeness (QED) is 0.558. The van der Waals surface area contributed by atoms with E-state index in [-0.39, 0.29) is 10.8 Å². The van der Waals surface area contributed by atoms with Crippen molar-refractivity contribution in [3.8, 4) is 0 Å². The van der Waals surface area contributed by atoms with Gasteiger partial charge in [-0.1, -0.05) is 29.4 Å². The molecule has 2 aliphatic heterocycles. The number of hydrogen-bond donors (Lipinski definition) is 0. The number of hydrogen-bond acceptors (Lipinski definition) is 6. The SMILES string of the molecule is Cc1cc(CN2CCN(C(=O)c3cccc(S(=O)(=O)N4CCCc5ccccc54)c3)CC2)on1. The molecule has 178 valence electrons. The van der Waals surface area contributed by atoms with Crippen LogP contribution in [0.15, 0.2) is 64.0 Å². The third-order valence-electron chi connectivity index (χ3n) is 6.45. The van der Waals surface area contributed by atoms with Gasteiger partial charge in [-0.05, 0) is 49.6 Å². The van der Waals surface area contributed by atoms with Gasteiger partial charge in [0.2, 0.25) is 0 Å². The Balaban J connectivity index is 1.29. The average molecular weight is 481 g/mol. The first-order chi connectivity index (χ1) is 16.4. The molecule has 0 aliphatic carbocycles. The van der Waals surface area contributed by atoms with E-state index in [4.69, 9.17) is 4.52 Å². The second-order valence-corrected chi connectivity index (χ2v) is 10.7. The van der Waals surface area contributed by atoms with Crippen molar-refractivity contribution in [2.24, 2.45) is 0 Å². The van der Waals surface area contributed by atoms with Crippen molar-refractivity contribution in [1.82, 2.24) is 15.0 Å². The molecule has 0 saturated carbocycles. The summed E-state index contributed by atoms with van der Waals surface area (Å²) >= 11 is 0. The van der Waals surface area contributed by atoms with Gasteiger partial charge in [-0.25, -0.2) is 8.42 Å². The molecular weight excluding hydrogens is 452 g/mol. The highest BCUT2D eigenvalue weighted by Gasteiger charge is 2.30. The molecular formula is C25H28N4O4S. The van der Waals surface area contributed by atoms with Gasteiger partial charge in [-0.2, -0.15) is 0 Å². The third kappa shape index (κ3) is 4.45. The molecule has 8 nitrogen and oxygen atoms in total. The van der Waals surface area contributed by atoms with E-state index >= 15 is 0 Å². The van der Waals surface area contributed by atoms with Crippen LogP contribution < -0.4 is 4.31 Å². The van der Waals surface area contributed by atoms with E-state index in [1.54, 1.807) is 23.1 Å². The van der Waals surface area contributed by atoms with E-state index in [1.165, 1.54) is 10.4 Å². The normalized spacial score (nSPS) is 17.0. The topological polar surface area (TPSA) is 87.0 Å². The van der Waals surface area contributed by atoms with Gasteiger partial charge in [-0.15, -0.1) is 0 Å². The molecule has 1 aromatic heterocycles. The molecule has 0 unspecified atom stereocenters. The number of fused-ring (bicyclic) bond motifs is 1. The molecule has 3 heterocycles. The minimum Gasteiger partial charge on any atom is -0.360 e. The summed E-state index contributed by atoms with van der Waals surface area (Å²) < 4.78 is 33.8. The van der Waals surface area contributed by atoms with Gasteiger partial charge < -0.3 is 9.42 Å². The van der Waals surface area contributed by atoms with Crippen LogP contribution in [0.1, 0.15) is 33.8 Å². The molecule has 0 bridgehead atoms. The van der Waals surface area contributed by atoms with Gasteiger partial charge >= 0.3 is 0 Å². The van der Waals surface area contributed by atoms with E-state index in [0.717, 1.165) is 35.5 Å². The predicted octanol–water partition coefficient (Wildman–Crippen LogP) is 3.08. The molecule has 0 atom stereocenters. The van der Waals surface area contributed by atoms with Crippen molar-refractivity contribution in [3.05, 3.63) is 77.2 Å². The Hall–Kier alpha value is -3.17. The fourth-order valence-electron chi connectivity index (χ4n) is 4.67. The second-order valence-electron chi connectivity index (χ2n) is 8.84. The van der Waals surface area contributed by atoms with Gasteiger partial charge in [0, 0.05) is 44.4 Å². The summed E-state index contributed by atoms with van der Waals surface area (Å²) in [5.41, 5.74) is 3.00. The number of aryl methyl sites for hydroxylation is 2. The minimum absolute atomic E-state index is 0.147. The second kappa shape index (κ2) is 9.23. The number of anilines is 1. The summed E-state index contributed by atoms with van der Waals surface area (Å²) in [6.07, 6.45) is 1.63. The summed E-state index contributed by atoms with van der Waals surface area (Å²) in [4.78, 5) is 17.3. The van der Waals surface area contributed by atoms with E-state index in [2.05, 4.69) is 10.1 Å². The summed E-state index contributed by atoms with van der Waals surface area (Å²) in [5.74, 6) is 0.667. The van der Waals surface area contributed by atoms with Crippen molar-refractivity contribution in [2.75, 3.05) is 37.0 Å². The third-order valence-corrected chi connectivity index (χ3v) is 8.26. The summed E-state index contributed by atoms with van der Waals surface area (Å²) in [5, 5.41) is 3.92. The lowest BCUT2D eigenvalue weighted by Crippen LogP contribution is -2.48. The van der Waals surface area contributed by atoms with Crippen molar-refractivity contribution in [3.63, 3.8) is 0 Å². The van der Waals surface area contributed by atoms with Crippen molar-refractivity contribution in [1.29, 1.82) is 0 Å². The fraction of sp³-hybridized carbons (Fsp3) is 0.360. The number of benzene rings is 2. The molecule has 34 heavy (non-hydrogen) atoms. The first-order valence-corrected chi connectivity index (χ1v) is 13.0. The first-order valence-electron chi connectivity index (χ1n) is 11.6. The van der Waals surface area contributed by atoms with Crippen molar-refractivity contribution in [2.45, 2.75) is 31.2 Å². The monoisotopic (exact) mass is 480 g/mol. The average Bonchev–Trinajstić information content (AvgIpc) is 3.28. The van der Waals surface area contributed by atoms with Crippen molar-refractivity contribution >= 4 is 21.6 Å². The molecule has 0 radical (unpaired) electrons. The van der Waals surface area contributed by atoms with E-state index in [1.807, 2.05) is 37.3 Å². The molecule has 1 fully saturated rings. The number of amides is 1. The van der Waals surface area contributed by atoms with Crippen LogP contribution in [0, 0.1) is 6.92 Å². The summed E-state index contributed by atoms with van der Waals surface area (Å²) in [6.45, 7) is 5.56. The standard InChI is InChI=1S/C25H28N4O4S/c1-19-16-22(33-26-19)18-27-12-14-28(15-13-27)25(30)21-7-4-9-23(17-21)34(31,32)29-11-5-8-20-6-2-3-10-24(20)29/h2-4,6-7,9-10,16-17H,5,8,11-15,18H2,1H3. The number of sulfonamides is 1. The minimum atomic E-state index is -3.77. The number of para-hydroxylation sites is 1. The van der Waals surface area contributed by atoms with Crippen molar-refractivity contribution < 1.29 is 17.7 Å². The predicted molar refractivity (Wildman–Crippen MR) is 128 cm³/mol. The molecule has 2 aromatic carbocycles. The van der Waals surface area contributed by atoms with E-state index < -0.39 is 10.0 Å². The van der Waals surface area contributed by atoms with Gasteiger partial charge in [0.25, 0.3) is 15.9 Å². The molecule has 1 saturated heterocycles. The largest absolute Gasteiger partial charge is 0.360 e. The molecule has 2 aliphatic rings. The Labute approximate surface area is 199 Å². The van der Waals surface area contributed by atoms with Gasteiger partial charge in [0.15, 0.2) is 5.76 Å². The lowest BCUT2D eigenvalue weighted by molar-refractivity contribution is 0.0617. The van der Waals surface area contributed by atoms with Gasteiger partial charge in [-0.3, -0.25) is 14.0 Å². The van der Waals surface area contributed by atoms with E-state index in [0.29, 0.717) is 44.8 Å². The van der Waals surface area contributed by atoms with Crippen LogP contribution in [0.4, 0.5) is 5.69 Å². The molecule has 1 amide bonds. The Bertz CT molecular complexity index is 1300. The maximum absolute atomic E-state index is 13.5. The molecule has 5 rings (SSSR count). The van der Waals surface area contributed by atoms with Crippen LogP contribution in [-0.4, -0.2) is 62.0 Å². The Morgan fingerprint density at radius 2 is 1.79 bits per heavy atom. The number of rotatable bonds is 5. The maximum Gasteiger partial charge on any atom is 0.264 e. The zero-order valence-electron chi connectivity index (χ0n) is 19.2. The first kappa shape index (κ1) is 22.6.